The van der Waals surface area contributed by atoms with Gasteiger partial charge in [0, 0.05) is 17.6 Å². The summed E-state index contributed by atoms with van der Waals surface area (Å²) in [5.41, 5.74) is 2.34. The highest BCUT2D eigenvalue weighted by Crippen LogP contribution is 2.10. The summed E-state index contributed by atoms with van der Waals surface area (Å²) in [6.07, 6.45) is 7.42. The van der Waals surface area contributed by atoms with Gasteiger partial charge in [0.2, 0.25) is 0 Å². The third-order valence-corrected chi connectivity index (χ3v) is 1.51. The average molecular weight is 136 g/mol. The Morgan fingerprint density at radius 3 is 3.10 bits per heavy atom. The minimum absolute atomic E-state index is 1.03. The molecule has 2 nitrogen and oxygen atoms in total. The van der Waals surface area contributed by atoms with Crippen molar-refractivity contribution in [2.45, 2.75) is 19.8 Å². The number of nitrogens with one attached hydrogen (secondary N) is 2. The van der Waals surface area contributed by atoms with Gasteiger partial charge in [0.25, 0.3) is 0 Å². The van der Waals surface area contributed by atoms with Gasteiger partial charge in [-0.25, -0.2) is 0 Å². The van der Waals surface area contributed by atoms with Crippen molar-refractivity contribution in [1.82, 2.24) is 5.32 Å². The standard InChI is InChI=1S/C8H12N2/c1-7-3-2-4-8(10-7)5-6-9/h3,5-6,9-10H,2,4H2,1H3/b8-5+,9-6?. The van der Waals surface area contributed by atoms with Crippen LogP contribution in [-0.2, 0) is 0 Å². The monoisotopic (exact) mass is 136 g/mol. The van der Waals surface area contributed by atoms with Crippen molar-refractivity contribution in [2.24, 2.45) is 0 Å². The molecule has 1 aliphatic rings. The minimum Gasteiger partial charge on any atom is -0.363 e. The molecular weight excluding hydrogens is 124 g/mol. The van der Waals surface area contributed by atoms with Crippen LogP contribution in [0.5, 0.6) is 0 Å². The maximum atomic E-state index is 6.84. The Labute approximate surface area is 61.1 Å². The SMILES string of the molecule is CC1=CCC/C(=C\C=N)N1. The smallest absolute Gasteiger partial charge is 0.0195 e. The predicted octanol–water partition coefficient (Wildman–Crippen LogP) is 1.81. The van der Waals surface area contributed by atoms with Gasteiger partial charge in [0.1, 0.15) is 0 Å². The molecule has 0 aromatic rings. The highest BCUT2D eigenvalue weighted by atomic mass is 14.9. The Morgan fingerprint density at radius 1 is 1.70 bits per heavy atom. The van der Waals surface area contributed by atoms with Gasteiger partial charge in [-0.1, -0.05) is 6.08 Å². The summed E-state index contributed by atoms with van der Waals surface area (Å²) in [6, 6.07) is 0. The summed E-state index contributed by atoms with van der Waals surface area (Å²) in [7, 11) is 0. The molecule has 0 radical (unpaired) electrons. The summed E-state index contributed by atoms with van der Waals surface area (Å²) in [4.78, 5) is 0. The van der Waals surface area contributed by atoms with E-state index in [0.717, 1.165) is 18.5 Å². The second-order valence-electron chi connectivity index (χ2n) is 2.41. The second-order valence-corrected chi connectivity index (χ2v) is 2.41. The van der Waals surface area contributed by atoms with Gasteiger partial charge in [-0.3, -0.25) is 0 Å². The largest absolute Gasteiger partial charge is 0.363 e. The summed E-state index contributed by atoms with van der Waals surface area (Å²) in [6.45, 7) is 2.04. The molecule has 1 heterocycles. The number of hydrogen-bond donors (Lipinski definition) is 2. The molecule has 1 rings (SSSR count). The summed E-state index contributed by atoms with van der Waals surface area (Å²) >= 11 is 0. The molecule has 0 unspecified atom stereocenters. The van der Waals surface area contributed by atoms with E-state index in [1.54, 1.807) is 6.08 Å². The maximum absolute atomic E-state index is 6.84. The lowest BCUT2D eigenvalue weighted by atomic mass is 10.1. The van der Waals surface area contributed by atoms with Crippen LogP contribution in [0, 0.1) is 5.41 Å². The van der Waals surface area contributed by atoms with Crippen LogP contribution in [0.3, 0.4) is 0 Å². The molecule has 0 atom stereocenters. The first-order chi connectivity index (χ1) is 4.83. The van der Waals surface area contributed by atoms with Gasteiger partial charge in [0.05, 0.1) is 0 Å². The fraction of sp³-hybridized carbons (Fsp3) is 0.375. The van der Waals surface area contributed by atoms with Crippen molar-refractivity contribution in [2.75, 3.05) is 0 Å². The molecule has 0 aromatic carbocycles. The van der Waals surface area contributed by atoms with Crippen LogP contribution in [0.1, 0.15) is 19.8 Å². The zero-order valence-corrected chi connectivity index (χ0v) is 6.15. The third kappa shape index (κ3) is 1.72. The van der Waals surface area contributed by atoms with E-state index in [1.165, 1.54) is 11.9 Å². The van der Waals surface area contributed by atoms with Crippen molar-refractivity contribution < 1.29 is 0 Å². The van der Waals surface area contributed by atoms with Crippen molar-refractivity contribution in [3.05, 3.63) is 23.5 Å². The predicted molar refractivity (Wildman–Crippen MR) is 43.0 cm³/mol. The van der Waals surface area contributed by atoms with E-state index < -0.39 is 0 Å². The van der Waals surface area contributed by atoms with Gasteiger partial charge in [-0.05, 0) is 25.8 Å². The first-order valence-corrected chi connectivity index (χ1v) is 3.46. The summed E-state index contributed by atoms with van der Waals surface area (Å²) in [5, 5.41) is 10.0. The molecule has 2 N–H and O–H groups in total. The van der Waals surface area contributed by atoms with Gasteiger partial charge in [-0.15, -0.1) is 0 Å². The Bertz CT molecular complexity index is 189. The molecule has 0 bridgehead atoms. The van der Waals surface area contributed by atoms with Crippen molar-refractivity contribution in [3.63, 3.8) is 0 Å². The average Bonchev–Trinajstić information content (AvgIpc) is 1.88. The molecule has 2 heteroatoms. The lowest BCUT2D eigenvalue weighted by Crippen LogP contribution is -2.14. The molecule has 0 fully saturated rings. The molecule has 1 aliphatic heterocycles. The van der Waals surface area contributed by atoms with Crippen molar-refractivity contribution >= 4 is 6.21 Å². The fourth-order valence-corrected chi connectivity index (χ4v) is 1.04. The van der Waals surface area contributed by atoms with Crippen LogP contribution in [0.2, 0.25) is 0 Å². The molecule has 54 valence electrons. The number of rotatable bonds is 1. The van der Waals surface area contributed by atoms with Crippen LogP contribution >= 0.6 is 0 Å². The molecule has 0 amide bonds. The van der Waals surface area contributed by atoms with Crippen LogP contribution in [-0.4, -0.2) is 6.21 Å². The van der Waals surface area contributed by atoms with Crippen LogP contribution in [0.25, 0.3) is 0 Å². The van der Waals surface area contributed by atoms with Crippen molar-refractivity contribution in [1.29, 1.82) is 5.41 Å². The molecule has 10 heavy (non-hydrogen) atoms. The van der Waals surface area contributed by atoms with Gasteiger partial charge in [0.15, 0.2) is 0 Å². The van der Waals surface area contributed by atoms with Crippen molar-refractivity contribution in [3.8, 4) is 0 Å². The Morgan fingerprint density at radius 2 is 2.50 bits per heavy atom. The summed E-state index contributed by atoms with van der Waals surface area (Å²) < 4.78 is 0. The zero-order chi connectivity index (χ0) is 7.40. The lowest BCUT2D eigenvalue weighted by molar-refractivity contribution is 0.795. The first kappa shape index (κ1) is 7.06. The lowest BCUT2D eigenvalue weighted by Gasteiger charge is -2.14. The number of hydrogen-bond acceptors (Lipinski definition) is 2. The highest BCUT2D eigenvalue weighted by Gasteiger charge is 2.00. The molecule has 0 aliphatic carbocycles. The van der Waals surface area contributed by atoms with Crippen LogP contribution < -0.4 is 5.32 Å². The van der Waals surface area contributed by atoms with Crippen LogP contribution in [0.4, 0.5) is 0 Å². The molecule has 0 saturated carbocycles. The van der Waals surface area contributed by atoms with Gasteiger partial charge < -0.3 is 10.7 Å². The quantitative estimate of drug-likeness (QED) is 0.530. The zero-order valence-electron chi connectivity index (χ0n) is 6.15. The Kier molecular flexibility index (Phi) is 2.26. The number of allylic oxidation sites excluding steroid dienone is 4. The minimum atomic E-state index is 1.03. The normalized spacial score (nSPS) is 21.7. The highest BCUT2D eigenvalue weighted by molar-refractivity contribution is 5.68. The summed E-state index contributed by atoms with van der Waals surface area (Å²) in [5.74, 6) is 0. The second kappa shape index (κ2) is 3.20. The van der Waals surface area contributed by atoms with E-state index in [-0.39, 0.29) is 0 Å². The van der Waals surface area contributed by atoms with E-state index in [0.29, 0.717) is 0 Å². The molecular formula is C8H12N2. The van der Waals surface area contributed by atoms with Gasteiger partial charge >= 0.3 is 0 Å². The Hall–Kier alpha value is -1.05. The molecule has 0 saturated heterocycles. The van der Waals surface area contributed by atoms with E-state index in [1.807, 2.05) is 6.92 Å². The first-order valence-electron chi connectivity index (χ1n) is 3.46. The van der Waals surface area contributed by atoms with E-state index in [9.17, 15) is 0 Å². The molecule has 0 spiro atoms. The Balaban J connectivity index is 2.61. The van der Waals surface area contributed by atoms with E-state index >= 15 is 0 Å². The van der Waals surface area contributed by atoms with Crippen LogP contribution in [0.15, 0.2) is 23.5 Å². The van der Waals surface area contributed by atoms with Gasteiger partial charge in [-0.2, -0.15) is 0 Å². The maximum Gasteiger partial charge on any atom is 0.0195 e. The topological polar surface area (TPSA) is 35.9 Å². The van der Waals surface area contributed by atoms with E-state index in [4.69, 9.17) is 5.41 Å². The van der Waals surface area contributed by atoms with E-state index in [2.05, 4.69) is 11.4 Å². The third-order valence-electron chi connectivity index (χ3n) is 1.51. The fourth-order valence-electron chi connectivity index (χ4n) is 1.04. The molecule has 0 aromatic heterocycles.